The van der Waals surface area contributed by atoms with Gasteiger partial charge in [0.1, 0.15) is 6.04 Å². The van der Waals surface area contributed by atoms with Crippen LogP contribution in [0.2, 0.25) is 0 Å². The van der Waals surface area contributed by atoms with Crippen LogP contribution in [0.25, 0.3) is 11.2 Å². The summed E-state index contributed by atoms with van der Waals surface area (Å²) in [5, 5.41) is 0. The number of fused-ring (bicyclic) bond motifs is 1. The van der Waals surface area contributed by atoms with E-state index in [-0.39, 0.29) is 5.56 Å². The van der Waals surface area contributed by atoms with Gasteiger partial charge in [-0.15, -0.1) is 0 Å². The maximum absolute atomic E-state index is 11.8. The fraction of sp³-hybridized carbons (Fsp3) is 0.400. The number of nitrogens with two attached hydrogens (primary N) is 1. The Morgan fingerprint density at radius 1 is 1.56 bits per heavy atom. The number of nitrogens with one attached hydrogen (secondary N) is 2. The van der Waals surface area contributed by atoms with Crippen LogP contribution in [0.15, 0.2) is 11.1 Å². The zero-order chi connectivity index (χ0) is 12.7. The fourth-order valence-electron chi connectivity index (χ4n) is 2.28. The summed E-state index contributed by atoms with van der Waals surface area (Å²) < 4.78 is 0. The summed E-state index contributed by atoms with van der Waals surface area (Å²) in [5.41, 5.74) is 5.70. The van der Waals surface area contributed by atoms with E-state index in [0.29, 0.717) is 30.1 Å². The molecule has 8 heteroatoms. The number of anilines is 1. The first-order valence-electron chi connectivity index (χ1n) is 5.66. The number of rotatable bonds is 2. The van der Waals surface area contributed by atoms with E-state index in [2.05, 4.69) is 19.9 Å². The summed E-state index contributed by atoms with van der Waals surface area (Å²) in [7, 11) is 0. The van der Waals surface area contributed by atoms with Gasteiger partial charge in [0.15, 0.2) is 11.2 Å². The second-order valence-corrected chi connectivity index (χ2v) is 4.24. The molecule has 1 aliphatic heterocycles. The van der Waals surface area contributed by atoms with E-state index in [1.807, 2.05) is 0 Å². The van der Waals surface area contributed by atoms with Gasteiger partial charge in [0.2, 0.25) is 11.9 Å². The first-order valence-corrected chi connectivity index (χ1v) is 5.66. The summed E-state index contributed by atoms with van der Waals surface area (Å²) in [6.07, 6.45) is 2.93. The van der Waals surface area contributed by atoms with Crippen LogP contribution in [0, 0.1) is 0 Å². The minimum atomic E-state index is -0.412. The van der Waals surface area contributed by atoms with Gasteiger partial charge < -0.3 is 15.6 Å². The number of carbonyl (C=O) groups excluding carboxylic acids is 1. The van der Waals surface area contributed by atoms with Crippen molar-refractivity contribution in [2.24, 2.45) is 5.73 Å². The summed E-state index contributed by atoms with van der Waals surface area (Å²) in [5.74, 6) is -0.0572. The number of imidazole rings is 1. The number of nitrogens with zero attached hydrogens (tertiary/aromatic N) is 3. The van der Waals surface area contributed by atoms with E-state index in [4.69, 9.17) is 5.73 Å². The average molecular weight is 248 g/mol. The lowest BCUT2D eigenvalue weighted by Crippen LogP contribution is -2.41. The molecule has 0 aromatic carbocycles. The van der Waals surface area contributed by atoms with Crippen molar-refractivity contribution < 1.29 is 4.79 Å². The van der Waals surface area contributed by atoms with Crippen LogP contribution in [-0.2, 0) is 4.79 Å². The summed E-state index contributed by atoms with van der Waals surface area (Å²) in [6.45, 7) is 0.645. The molecular formula is C10H12N6O2. The Balaban J connectivity index is 2.08. The molecule has 8 nitrogen and oxygen atoms in total. The lowest BCUT2D eigenvalue weighted by atomic mass is 10.2. The van der Waals surface area contributed by atoms with Crippen LogP contribution < -0.4 is 16.2 Å². The largest absolute Gasteiger partial charge is 0.368 e. The third-order valence-corrected chi connectivity index (χ3v) is 3.14. The molecule has 4 N–H and O–H groups in total. The van der Waals surface area contributed by atoms with Gasteiger partial charge in [-0.1, -0.05) is 0 Å². The zero-order valence-corrected chi connectivity index (χ0v) is 9.51. The van der Waals surface area contributed by atoms with Gasteiger partial charge in [-0.2, -0.15) is 4.98 Å². The maximum atomic E-state index is 11.8. The molecule has 94 valence electrons. The van der Waals surface area contributed by atoms with Crippen molar-refractivity contribution in [2.45, 2.75) is 18.9 Å². The molecule has 0 aliphatic carbocycles. The van der Waals surface area contributed by atoms with Crippen LogP contribution in [0.3, 0.4) is 0 Å². The van der Waals surface area contributed by atoms with Gasteiger partial charge in [-0.25, -0.2) is 4.98 Å². The van der Waals surface area contributed by atoms with Crippen LogP contribution in [0.1, 0.15) is 12.8 Å². The van der Waals surface area contributed by atoms with E-state index in [1.165, 1.54) is 6.33 Å². The van der Waals surface area contributed by atoms with Crippen LogP contribution in [0.4, 0.5) is 5.95 Å². The smallest absolute Gasteiger partial charge is 0.278 e. The number of amides is 1. The highest BCUT2D eigenvalue weighted by atomic mass is 16.1. The van der Waals surface area contributed by atoms with Crippen LogP contribution in [-0.4, -0.2) is 38.4 Å². The molecule has 1 unspecified atom stereocenters. The van der Waals surface area contributed by atoms with Crippen molar-refractivity contribution in [2.75, 3.05) is 11.4 Å². The number of aromatic amines is 2. The first kappa shape index (κ1) is 10.8. The molecule has 1 amide bonds. The second-order valence-electron chi connectivity index (χ2n) is 4.24. The number of aromatic nitrogens is 4. The molecule has 3 heterocycles. The third kappa shape index (κ3) is 1.53. The van der Waals surface area contributed by atoms with Crippen molar-refractivity contribution in [1.82, 2.24) is 19.9 Å². The van der Waals surface area contributed by atoms with Gasteiger partial charge >= 0.3 is 0 Å². The molecule has 1 atom stereocenters. The molecule has 3 rings (SSSR count). The molecule has 0 spiro atoms. The SMILES string of the molecule is NC(=O)C1CCCN1c1nc2nc[nH]c2c(=O)[nH]1. The van der Waals surface area contributed by atoms with E-state index in [1.54, 1.807) is 4.90 Å². The molecule has 1 aliphatic rings. The Labute approximate surface area is 101 Å². The highest BCUT2D eigenvalue weighted by molar-refractivity contribution is 5.84. The Kier molecular flexibility index (Phi) is 2.29. The number of hydrogen-bond acceptors (Lipinski definition) is 5. The quantitative estimate of drug-likeness (QED) is 0.636. The maximum Gasteiger partial charge on any atom is 0.278 e. The highest BCUT2D eigenvalue weighted by Gasteiger charge is 2.31. The van der Waals surface area contributed by atoms with Crippen molar-refractivity contribution in [3.63, 3.8) is 0 Å². The van der Waals surface area contributed by atoms with Crippen molar-refractivity contribution in [3.05, 3.63) is 16.7 Å². The second kappa shape index (κ2) is 3.83. The van der Waals surface area contributed by atoms with Gasteiger partial charge in [0.25, 0.3) is 5.56 Å². The predicted molar refractivity (Wildman–Crippen MR) is 64.1 cm³/mol. The van der Waals surface area contributed by atoms with Gasteiger partial charge in [0.05, 0.1) is 6.33 Å². The Morgan fingerprint density at radius 3 is 3.17 bits per heavy atom. The standard InChI is InChI=1S/C10H12N6O2/c11-7(17)5-2-1-3-16(5)10-14-8-6(9(18)15-10)12-4-13-8/h4-5H,1-3H2,(H2,11,17)(H2,12,13,14,15,18). The van der Waals surface area contributed by atoms with Gasteiger partial charge in [-0.3, -0.25) is 14.6 Å². The molecule has 1 fully saturated rings. The Bertz CT molecular complexity index is 660. The number of hydrogen-bond donors (Lipinski definition) is 3. The number of carbonyl (C=O) groups is 1. The average Bonchev–Trinajstić information content (AvgIpc) is 2.97. The monoisotopic (exact) mass is 248 g/mol. The highest BCUT2D eigenvalue weighted by Crippen LogP contribution is 2.21. The number of primary amides is 1. The van der Waals surface area contributed by atoms with E-state index >= 15 is 0 Å². The van der Waals surface area contributed by atoms with Crippen molar-refractivity contribution >= 4 is 23.0 Å². The van der Waals surface area contributed by atoms with E-state index in [9.17, 15) is 9.59 Å². The molecule has 2 aromatic heterocycles. The number of H-pyrrole nitrogens is 2. The zero-order valence-electron chi connectivity index (χ0n) is 9.51. The fourth-order valence-corrected chi connectivity index (χ4v) is 2.28. The molecule has 2 aromatic rings. The molecule has 1 saturated heterocycles. The summed E-state index contributed by atoms with van der Waals surface area (Å²) in [4.78, 5) is 38.4. The van der Waals surface area contributed by atoms with Gasteiger partial charge in [-0.05, 0) is 12.8 Å². The minimum absolute atomic E-state index is 0.303. The van der Waals surface area contributed by atoms with E-state index in [0.717, 1.165) is 6.42 Å². The predicted octanol–water partition coefficient (Wildman–Crippen LogP) is -0.900. The van der Waals surface area contributed by atoms with Crippen LogP contribution >= 0.6 is 0 Å². The van der Waals surface area contributed by atoms with Crippen molar-refractivity contribution in [3.8, 4) is 0 Å². The van der Waals surface area contributed by atoms with Crippen molar-refractivity contribution in [1.29, 1.82) is 0 Å². The van der Waals surface area contributed by atoms with Crippen LogP contribution in [0.5, 0.6) is 0 Å². The Morgan fingerprint density at radius 2 is 2.39 bits per heavy atom. The van der Waals surface area contributed by atoms with E-state index < -0.39 is 11.9 Å². The van der Waals surface area contributed by atoms with Gasteiger partial charge in [0, 0.05) is 6.54 Å². The summed E-state index contributed by atoms with van der Waals surface area (Å²) >= 11 is 0. The molecule has 0 bridgehead atoms. The molecule has 18 heavy (non-hydrogen) atoms. The minimum Gasteiger partial charge on any atom is -0.368 e. The Hall–Kier alpha value is -2.38. The summed E-state index contributed by atoms with van der Waals surface area (Å²) in [6, 6.07) is -0.412. The molecule has 0 radical (unpaired) electrons. The first-order chi connectivity index (χ1) is 8.66. The normalized spacial score (nSPS) is 19.6. The lowest BCUT2D eigenvalue weighted by molar-refractivity contribution is -0.119. The topological polar surface area (TPSA) is 121 Å². The molecule has 0 saturated carbocycles. The molecular weight excluding hydrogens is 236 g/mol. The third-order valence-electron chi connectivity index (χ3n) is 3.14. The lowest BCUT2D eigenvalue weighted by Gasteiger charge is -2.22.